The molecule has 3 rings (SSSR count). The maximum absolute atomic E-state index is 13.2. The molecule has 3 atom stereocenters. The zero-order valence-electron chi connectivity index (χ0n) is 18.6. The van der Waals surface area contributed by atoms with Crippen molar-refractivity contribution in [2.24, 2.45) is 5.92 Å². The lowest BCUT2D eigenvalue weighted by atomic mass is 9.86. The molecule has 0 radical (unpaired) electrons. The summed E-state index contributed by atoms with van der Waals surface area (Å²) in [6.07, 6.45) is 0.382. The second-order valence-electron chi connectivity index (χ2n) is 8.84. The summed E-state index contributed by atoms with van der Waals surface area (Å²) in [5.41, 5.74) is 0.0171. The Balaban J connectivity index is 2.01. The number of carbonyl (C=O) groups is 4. The number of nitrogens with one attached hydrogen (secondary N) is 1. The lowest BCUT2D eigenvalue weighted by Gasteiger charge is -2.25. The molecule has 1 aromatic carbocycles. The molecule has 2 aliphatic heterocycles. The van der Waals surface area contributed by atoms with Crippen molar-refractivity contribution in [3.8, 4) is 0 Å². The number of nitrogens with zero attached hydrogens (tertiary/aromatic N) is 2. The van der Waals surface area contributed by atoms with Gasteiger partial charge in [-0.3, -0.25) is 14.4 Å². The fraction of sp³-hybridized carbons (Fsp3) is 0.391. The molecule has 10 nitrogen and oxygen atoms in total. The number of carboxylic acid groups (broad SMARTS) is 2. The van der Waals surface area contributed by atoms with E-state index in [0.717, 1.165) is 11.1 Å². The van der Waals surface area contributed by atoms with Crippen LogP contribution in [0.25, 0.3) is 0 Å². The van der Waals surface area contributed by atoms with E-state index in [1.807, 2.05) is 0 Å². The Morgan fingerprint density at radius 3 is 2.33 bits per heavy atom. The molecule has 0 bridgehead atoms. The second-order valence-corrected chi connectivity index (χ2v) is 8.84. The molecule has 3 N–H and O–H groups in total. The van der Waals surface area contributed by atoms with Gasteiger partial charge >= 0.3 is 18.0 Å². The molecule has 176 valence electrons. The molecule has 1 aromatic rings. The molecule has 33 heavy (non-hydrogen) atoms. The lowest BCUT2D eigenvalue weighted by Crippen LogP contribution is -2.45. The van der Waals surface area contributed by atoms with Gasteiger partial charge in [0.05, 0.1) is 5.70 Å². The number of amides is 2. The number of benzene rings is 1. The van der Waals surface area contributed by atoms with Crippen molar-refractivity contribution >= 4 is 23.9 Å². The van der Waals surface area contributed by atoms with Crippen molar-refractivity contribution < 1.29 is 34.1 Å². The molecule has 2 heterocycles. The highest BCUT2D eigenvalue weighted by Gasteiger charge is 2.50. The van der Waals surface area contributed by atoms with Crippen molar-refractivity contribution in [1.82, 2.24) is 15.3 Å². The van der Waals surface area contributed by atoms with Gasteiger partial charge in [-0.1, -0.05) is 36.4 Å². The fourth-order valence-electron chi connectivity index (χ4n) is 4.07. The molecular weight excluding hydrogens is 430 g/mol. The first-order valence-electron chi connectivity index (χ1n) is 10.4. The molecule has 10 heteroatoms. The quantitative estimate of drug-likeness (QED) is 0.529. The number of aliphatic carboxylic acids is 2. The van der Waals surface area contributed by atoms with Gasteiger partial charge in [-0.05, 0) is 31.9 Å². The van der Waals surface area contributed by atoms with Gasteiger partial charge in [0.2, 0.25) is 0 Å². The van der Waals surface area contributed by atoms with Gasteiger partial charge in [0.1, 0.15) is 23.5 Å². The second kappa shape index (κ2) is 9.07. The summed E-state index contributed by atoms with van der Waals surface area (Å²) >= 11 is 0. The van der Waals surface area contributed by atoms with Crippen molar-refractivity contribution in [1.29, 1.82) is 0 Å². The Morgan fingerprint density at radius 1 is 1.18 bits per heavy atom. The van der Waals surface area contributed by atoms with Gasteiger partial charge in [0, 0.05) is 13.1 Å². The number of carbonyl (C=O) groups excluding carboxylic acids is 2. The highest BCUT2D eigenvalue weighted by atomic mass is 16.6. The third kappa shape index (κ3) is 4.90. The van der Waals surface area contributed by atoms with Crippen LogP contribution in [0.1, 0.15) is 32.3 Å². The van der Waals surface area contributed by atoms with Crippen LogP contribution in [-0.2, 0) is 19.1 Å². The summed E-state index contributed by atoms with van der Waals surface area (Å²) in [5, 5.41) is 25.0. The SMILES string of the molecule is C=CC(C(=O)O)C1=C(C(C(=O)O)c2ccccc2)CN2C[C@H](NC(=O)OC(C)(C)C)C(=O)N12. The van der Waals surface area contributed by atoms with E-state index in [4.69, 9.17) is 4.74 Å². The van der Waals surface area contributed by atoms with E-state index < -0.39 is 47.4 Å². The Bertz CT molecular complexity index is 1010. The summed E-state index contributed by atoms with van der Waals surface area (Å²) in [7, 11) is 0. The van der Waals surface area contributed by atoms with Gasteiger partial charge in [-0.15, -0.1) is 6.58 Å². The highest BCUT2D eigenvalue weighted by Crippen LogP contribution is 2.41. The number of fused-ring (bicyclic) bond motifs is 1. The summed E-state index contributed by atoms with van der Waals surface area (Å²) < 4.78 is 5.21. The van der Waals surface area contributed by atoms with Crippen LogP contribution in [0, 0.1) is 5.92 Å². The summed E-state index contributed by atoms with van der Waals surface area (Å²) in [6, 6.07) is 7.43. The Morgan fingerprint density at radius 2 is 1.82 bits per heavy atom. The smallest absolute Gasteiger partial charge is 0.408 e. The van der Waals surface area contributed by atoms with E-state index in [9.17, 15) is 29.4 Å². The van der Waals surface area contributed by atoms with Crippen LogP contribution in [0.2, 0.25) is 0 Å². The summed E-state index contributed by atoms with van der Waals surface area (Å²) in [4.78, 5) is 49.7. The van der Waals surface area contributed by atoms with Gasteiger partial charge in [0.25, 0.3) is 5.91 Å². The third-order valence-electron chi connectivity index (χ3n) is 5.31. The molecule has 2 unspecified atom stereocenters. The number of carboxylic acids is 2. The van der Waals surface area contributed by atoms with Crippen LogP contribution in [0.15, 0.2) is 54.3 Å². The number of hydrogen-bond donors (Lipinski definition) is 3. The number of ether oxygens (including phenoxy) is 1. The van der Waals surface area contributed by atoms with Crippen molar-refractivity contribution in [2.45, 2.75) is 38.3 Å². The van der Waals surface area contributed by atoms with E-state index in [1.165, 1.54) is 5.01 Å². The maximum Gasteiger partial charge on any atom is 0.408 e. The summed E-state index contributed by atoms with van der Waals surface area (Å²) in [6.45, 7) is 8.69. The average molecular weight is 457 g/mol. The van der Waals surface area contributed by atoms with Gasteiger partial charge < -0.3 is 20.3 Å². The van der Waals surface area contributed by atoms with E-state index in [0.29, 0.717) is 5.56 Å². The lowest BCUT2D eigenvalue weighted by molar-refractivity contribution is -0.142. The summed E-state index contributed by atoms with van der Waals surface area (Å²) in [5.74, 6) is -5.48. The minimum atomic E-state index is -1.32. The van der Waals surface area contributed by atoms with Crippen molar-refractivity contribution in [2.75, 3.05) is 13.1 Å². The van der Waals surface area contributed by atoms with Gasteiger partial charge in [0.15, 0.2) is 0 Å². The van der Waals surface area contributed by atoms with Crippen LogP contribution >= 0.6 is 0 Å². The molecular formula is C23H27N3O7. The standard InChI is InChI=1S/C23H27N3O7/c1-5-14(20(28)29)18-15(17(21(30)31)13-9-7-6-8-10-13)11-25-12-16(19(27)26(18)25)24-22(32)33-23(2,3)4/h5-10,14,16-17H,1,11-12H2,2-4H3,(H,24,32)(H,28,29)(H,30,31)/t14?,16-,17?/m0/s1. The average Bonchev–Trinajstić information content (AvgIpc) is 3.19. The first-order valence-corrected chi connectivity index (χ1v) is 10.4. The van der Waals surface area contributed by atoms with Crippen LogP contribution in [0.3, 0.4) is 0 Å². The van der Waals surface area contributed by atoms with Crippen molar-refractivity contribution in [3.63, 3.8) is 0 Å². The molecule has 2 amide bonds. The van der Waals surface area contributed by atoms with E-state index in [2.05, 4.69) is 11.9 Å². The molecule has 1 saturated heterocycles. The highest BCUT2D eigenvalue weighted by molar-refractivity contribution is 5.92. The molecule has 0 aliphatic carbocycles. The first-order chi connectivity index (χ1) is 15.4. The zero-order chi connectivity index (χ0) is 24.5. The van der Waals surface area contributed by atoms with E-state index >= 15 is 0 Å². The maximum atomic E-state index is 13.2. The normalized spacial score (nSPS) is 20.3. The van der Waals surface area contributed by atoms with Gasteiger partial charge in [-0.25, -0.2) is 14.8 Å². The van der Waals surface area contributed by atoms with Crippen LogP contribution in [-0.4, -0.2) is 68.9 Å². The number of rotatable bonds is 7. The van der Waals surface area contributed by atoms with Crippen molar-refractivity contribution in [3.05, 3.63) is 59.8 Å². The van der Waals surface area contributed by atoms with Crippen LogP contribution < -0.4 is 5.32 Å². The molecule has 0 aromatic heterocycles. The topological polar surface area (TPSA) is 136 Å². The molecule has 0 spiro atoms. The Kier molecular flexibility index (Phi) is 6.59. The number of hydrazine groups is 1. The van der Waals surface area contributed by atoms with E-state index in [-0.39, 0.29) is 24.4 Å². The molecule has 1 fully saturated rings. The molecule has 2 aliphatic rings. The third-order valence-corrected chi connectivity index (χ3v) is 5.31. The Hall–Kier alpha value is -3.66. The monoisotopic (exact) mass is 457 g/mol. The van der Waals surface area contributed by atoms with E-state index in [1.54, 1.807) is 51.1 Å². The van der Waals surface area contributed by atoms with Crippen LogP contribution in [0.5, 0.6) is 0 Å². The number of hydrogen-bond acceptors (Lipinski definition) is 6. The first kappa shape index (κ1) is 24.0. The largest absolute Gasteiger partial charge is 0.481 e. The number of alkyl carbamates (subject to hydrolysis) is 1. The van der Waals surface area contributed by atoms with Crippen LogP contribution in [0.4, 0.5) is 4.79 Å². The Labute approximate surface area is 191 Å². The fourth-order valence-corrected chi connectivity index (χ4v) is 4.07. The minimum absolute atomic E-state index is 0.0110. The zero-order valence-corrected chi connectivity index (χ0v) is 18.6. The minimum Gasteiger partial charge on any atom is -0.481 e. The predicted molar refractivity (Wildman–Crippen MR) is 117 cm³/mol. The molecule has 0 saturated carbocycles. The predicted octanol–water partition coefficient (Wildman–Crippen LogP) is 1.96. The van der Waals surface area contributed by atoms with Gasteiger partial charge in [-0.2, -0.15) is 0 Å².